The predicted molar refractivity (Wildman–Crippen MR) is 143 cm³/mol. The number of allylic oxidation sites excluding steroid dienone is 3. The number of hydrogen-bond donors (Lipinski definition) is 1. The lowest BCUT2D eigenvalue weighted by Gasteiger charge is -2.46. The van der Waals surface area contributed by atoms with E-state index in [1.54, 1.807) is 11.1 Å². The zero-order chi connectivity index (χ0) is 24.2. The molecule has 4 saturated carbocycles. The molecule has 0 unspecified atom stereocenters. The summed E-state index contributed by atoms with van der Waals surface area (Å²) in [5.41, 5.74) is 4.17. The third-order valence-electron chi connectivity index (χ3n) is 11.3. The minimum absolute atomic E-state index is 0.271. The van der Waals surface area contributed by atoms with Gasteiger partial charge < -0.3 is 9.53 Å². The average molecular weight is 473 g/mol. The normalized spacial score (nSPS) is 39.8. The fraction of sp³-hybridized carbons (Fsp3) is 0.867. The summed E-state index contributed by atoms with van der Waals surface area (Å²) in [6, 6.07) is 0. The van der Waals surface area contributed by atoms with Crippen molar-refractivity contribution in [3.05, 3.63) is 23.3 Å². The van der Waals surface area contributed by atoms with E-state index in [-0.39, 0.29) is 5.04 Å². The lowest BCUT2D eigenvalue weighted by Crippen LogP contribution is -2.48. The molecule has 0 aliphatic heterocycles. The van der Waals surface area contributed by atoms with Crippen molar-refractivity contribution in [1.82, 2.24) is 0 Å². The van der Waals surface area contributed by atoms with E-state index in [1.807, 2.05) is 0 Å². The number of hydrogen-bond acceptors (Lipinski definition) is 2. The van der Waals surface area contributed by atoms with Gasteiger partial charge >= 0.3 is 0 Å². The van der Waals surface area contributed by atoms with E-state index in [1.165, 1.54) is 51.4 Å². The van der Waals surface area contributed by atoms with Gasteiger partial charge in [-0.25, -0.2) is 0 Å². The van der Waals surface area contributed by atoms with Crippen LogP contribution in [0.5, 0.6) is 0 Å². The fourth-order valence-corrected chi connectivity index (χ4v) is 9.17. The number of rotatable bonds is 5. The first-order valence-electron chi connectivity index (χ1n) is 14.0. The van der Waals surface area contributed by atoms with Gasteiger partial charge in [0, 0.05) is 6.61 Å². The van der Waals surface area contributed by atoms with Crippen LogP contribution in [0.2, 0.25) is 18.1 Å². The minimum Gasteiger partial charge on any atom is -0.413 e. The van der Waals surface area contributed by atoms with Crippen LogP contribution in [0.4, 0.5) is 0 Å². The number of fused-ring (bicyclic) bond motifs is 1. The predicted octanol–water partition coefficient (Wildman–Crippen LogP) is 8.28. The number of aliphatic hydroxyl groups excluding tert-OH is 1. The van der Waals surface area contributed by atoms with Crippen molar-refractivity contribution in [1.29, 1.82) is 0 Å². The van der Waals surface area contributed by atoms with Gasteiger partial charge in [-0.15, -0.1) is 0 Å². The first kappa shape index (κ1) is 25.7. The molecule has 0 bridgehead atoms. The highest BCUT2D eigenvalue weighted by Crippen LogP contribution is 2.63. The maximum atomic E-state index is 9.83. The van der Waals surface area contributed by atoms with Crippen molar-refractivity contribution in [2.45, 2.75) is 124 Å². The van der Waals surface area contributed by atoms with Crippen LogP contribution in [0.25, 0.3) is 0 Å². The van der Waals surface area contributed by atoms with Crippen LogP contribution in [-0.4, -0.2) is 26.1 Å². The molecule has 4 aliphatic rings. The molecule has 2 nitrogen and oxygen atoms in total. The lowest BCUT2D eigenvalue weighted by atomic mass is 9.61. The SMILES string of the molecule is C[C@@H]1C/C(=C/C=C2\CCC[C@]3(C)[C@@H]([C@@H](C)CO)CC[C@@H]23)C[C@@H](O[Si](C)(C)C(C)(C)C)C12CC2. The Balaban J connectivity index is 1.53. The number of aliphatic hydroxyl groups is 1. The molecule has 0 saturated heterocycles. The largest absolute Gasteiger partial charge is 0.413 e. The van der Waals surface area contributed by atoms with Gasteiger partial charge in [0.1, 0.15) is 0 Å². The average Bonchev–Trinajstić information content (AvgIpc) is 3.45. The van der Waals surface area contributed by atoms with Crippen molar-refractivity contribution in [3.8, 4) is 0 Å². The van der Waals surface area contributed by atoms with E-state index in [4.69, 9.17) is 4.43 Å². The van der Waals surface area contributed by atoms with Crippen molar-refractivity contribution >= 4 is 8.32 Å². The molecule has 188 valence electrons. The van der Waals surface area contributed by atoms with Crippen LogP contribution >= 0.6 is 0 Å². The van der Waals surface area contributed by atoms with E-state index in [9.17, 15) is 5.11 Å². The molecule has 0 aromatic heterocycles. The summed E-state index contributed by atoms with van der Waals surface area (Å²) >= 11 is 0. The summed E-state index contributed by atoms with van der Waals surface area (Å²) in [6.45, 7) is 19.6. The van der Waals surface area contributed by atoms with Gasteiger partial charge in [-0.1, -0.05) is 64.8 Å². The fourth-order valence-electron chi connectivity index (χ4n) is 7.79. The molecule has 0 aromatic rings. The highest BCUT2D eigenvalue weighted by Gasteiger charge is 2.58. The maximum Gasteiger partial charge on any atom is 0.192 e. The Labute approximate surface area is 205 Å². The third-order valence-corrected chi connectivity index (χ3v) is 15.7. The maximum absolute atomic E-state index is 9.83. The molecule has 0 heterocycles. The molecule has 0 radical (unpaired) electrons. The summed E-state index contributed by atoms with van der Waals surface area (Å²) in [5.74, 6) is 2.57. The van der Waals surface area contributed by atoms with Gasteiger partial charge in [0.05, 0.1) is 6.10 Å². The molecule has 0 aromatic carbocycles. The molecule has 3 heteroatoms. The zero-order valence-corrected chi connectivity index (χ0v) is 24.0. The Hall–Kier alpha value is -0.383. The van der Waals surface area contributed by atoms with Gasteiger partial charge in [0.25, 0.3) is 0 Å². The summed E-state index contributed by atoms with van der Waals surface area (Å²) in [4.78, 5) is 0. The topological polar surface area (TPSA) is 29.5 Å². The summed E-state index contributed by atoms with van der Waals surface area (Å²) in [5, 5.41) is 10.1. The second-order valence-corrected chi connectivity index (χ2v) is 19.0. The van der Waals surface area contributed by atoms with E-state index in [0.717, 1.165) is 18.3 Å². The third kappa shape index (κ3) is 4.60. The second-order valence-electron chi connectivity index (χ2n) is 14.2. The molecule has 4 aliphatic carbocycles. The van der Waals surface area contributed by atoms with Gasteiger partial charge in [0.2, 0.25) is 0 Å². The van der Waals surface area contributed by atoms with Crippen molar-refractivity contribution < 1.29 is 9.53 Å². The van der Waals surface area contributed by atoms with E-state index < -0.39 is 8.32 Å². The first-order chi connectivity index (χ1) is 15.3. The first-order valence-corrected chi connectivity index (χ1v) is 16.9. The molecule has 1 N–H and O–H groups in total. The molecule has 1 spiro atoms. The molecule has 4 fully saturated rings. The minimum atomic E-state index is -1.77. The highest BCUT2D eigenvalue weighted by molar-refractivity contribution is 6.74. The Kier molecular flexibility index (Phi) is 6.95. The van der Waals surface area contributed by atoms with E-state index in [0.29, 0.717) is 35.4 Å². The van der Waals surface area contributed by atoms with Crippen LogP contribution in [0, 0.1) is 34.5 Å². The Morgan fingerprint density at radius 1 is 1.12 bits per heavy atom. The van der Waals surface area contributed by atoms with E-state index in [2.05, 4.69) is 66.8 Å². The molecular weight excluding hydrogens is 420 g/mol. The molecule has 0 amide bonds. The highest BCUT2D eigenvalue weighted by atomic mass is 28.4. The smallest absolute Gasteiger partial charge is 0.192 e. The van der Waals surface area contributed by atoms with Gasteiger partial charge in [0.15, 0.2) is 8.32 Å². The van der Waals surface area contributed by atoms with Crippen LogP contribution in [0.15, 0.2) is 23.3 Å². The Morgan fingerprint density at radius 3 is 2.42 bits per heavy atom. The molecule has 6 atom stereocenters. The summed E-state index contributed by atoms with van der Waals surface area (Å²) in [7, 11) is -1.77. The quantitative estimate of drug-likeness (QED) is 0.408. The molecular formula is C30H52O2Si. The zero-order valence-electron chi connectivity index (χ0n) is 23.0. The lowest BCUT2D eigenvalue weighted by molar-refractivity contribution is 0.0498. The Bertz CT molecular complexity index is 784. The van der Waals surface area contributed by atoms with Gasteiger partial charge in [-0.2, -0.15) is 0 Å². The Morgan fingerprint density at radius 2 is 1.82 bits per heavy atom. The van der Waals surface area contributed by atoms with Crippen LogP contribution in [0.1, 0.15) is 99.3 Å². The second kappa shape index (κ2) is 8.93. The summed E-state index contributed by atoms with van der Waals surface area (Å²) < 4.78 is 7.11. The summed E-state index contributed by atoms with van der Waals surface area (Å²) in [6.07, 6.45) is 17.2. The van der Waals surface area contributed by atoms with Crippen LogP contribution in [0.3, 0.4) is 0 Å². The van der Waals surface area contributed by atoms with Crippen LogP contribution < -0.4 is 0 Å². The monoisotopic (exact) mass is 472 g/mol. The standard InChI is InChI=1S/C30H52O2Si/c1-21(20-31)25-13-14-26-24(10-9-15-29(25,26)6)12-11-23-18-22(2)30(16-17-30)27(19-23)32-33(7,8)28(3,4)5/h11-12,21-22,25-27,31H,9-10,13-20H2,1-8H3/b23-11-,24-12+/t21-,22+,25+,26-,27+,29+/m0/s1. The van der Waals surface area contributed by atoms with Crippen LogP contribution in [-0.2, 0) is 4.43 Å². The van der Waals surface area contributed by atoms with Crippen molar-refractivity contribution in [2.75, 3.05) is 6.61 Å². The molecule has 33 heavy (non-hydrogen) atoms. The van der Waals surface area contributed by atoms with Gasteiger partial charge in [-0.3, -0.25) is 0 Å². The van der Waals surface area contributed by atoms with Crippen molar-refractivity contribution in [2.24, 2.45) is 34.5 Å². The van der Waals surface area contributed by atoms with E-state index >= 15 is 0 Å². The van der Waals surface area contributed by atoms with Gasteiger partial charge in [-0.05, 0) is 110 Å². The molecule has 4 rings (SSSR count). The van der Waals surface area contributed by atoms with Crippen molar-refractivity contribution in [3.63, 3.8) is 0 Å².